The maximum Gasteiger partial charge on any atom is 0.329 e. The predicted octanol–water partition coefficient (Wildman–Crippen LogP) is 3.68. The smallest absolute Gasteiger partial charge is 0.313 e. The van der Waals surface area contributed by atoms with Gasteiger partial charge in [-0.05, 0) is 12.8 Å². The molecule has 6 nitrogen and oxygen atoms in total. The van der Waals surface area contributed by atoms with E-state index in [0.29, 0.717) is 11.2 Å². The molecule has 0 radical (unpaired) electrons. The van der Waals surface area contributed by atoms with Gasteiger partial charge in [-0.2, -0.15) is 0 Å². The number of thioether (sulfide) groups is 1. The van der Waals surface area contributed by atoms with Crippen molar-refractivity contribution < 1.29 is 0 Å². The van der Waals surface area contributed by atoms with E-state index in [0.717, 1.165) is 36.7 Å². The summed E-state index contributed by atoms with van der Waals surface area (Å²) < 4.78 is 3.44. The lowest BCUT2D eigenvalue weighted by Gasteiger charge is -2.08. The summed E-state index contributed by atoms with van der Waals surface area (Å²) in [6, 6.07) is 0. The molecule has 1 N–H and O–H groups in total. The zero-order chi connectivity index (χ0) is 18.2. The molecule has 2 aromatic heterocycles. The van der Waals surface area contributed by atoms with Gasteiger partial charge in [0.1, 0.15) is 0 Å². The van der Waals surface area contributed by atoms with Crippen LogP contribution in [-0.2, 0) is 13.6 Å². The standard InChI is InChI=1S/C18H30N4O2S/c1-4-6-8-10-12-22-14-15(21(3)17(24)20-16(14)23)19-18(22)25-13-11-9-7-5-2/h4-13H2,1-3H3,(H,20,23,24). The molecule has 0 aromatic carbocycles. The SMILES string of the molecule is CCCCCCSc1nc2c(c(=O)[nH]c(=O)n2C)n1CCCCCC. The number of aromatic nitrogens is 4. The molecular weight excluding hydrogens is 336 g/mol. The first-order valence-electron chi connectivity index (χ1n) is 9.42. The number of aryl methyl sites for hydroxylation is 2. The molecule has 0 bridgehead atoms. The van der Waals surface area contributed by atoms with Crippen molar-refractivity contribution >= 4 is 22.9 Å². The van der Waals surface area contributed by atoms with Gasteiger partial charge in [0.05, 0.1) is 0 Å². The van der Waals surface area contributed by atoms with Gasteiger partial charge in [-0.3, -0.25) is 14.3 Å². The van der Waals surface area contributed by atoms with Crippen molar-refractivity contribution in [1.82, 2.24) is 19.1 Å². The van der Waals surface area contributed by atoms with Gasteiger partial charge in [-0.1, -0.05) is 64.1 Å². The fourth-order valence-electron chi connectivity index (χ4n) is 2.92. The Morgan fingerprint density at radius 2 is 1.68 bits per heavy atom. The van der Waals surface area contributed by atoms with Gasteiger partial charge in [-0.15, -0.1) is 0 Å². The minimum atomic E-state index is -0.410. The van der Waals surface area contributed by atoms with Gasteiger partial charge in [0, 0.05) is 19.3 Å². The Bertz CT molecular complexity index is 791. The van der Waals surface area contributed by atoms with Crippen molar-refractivity contribution in [2.24, 2.45) is 7.05 Å². The summed E-state index contributed by atoms with van der Waals surface area (Å²) in [5.41, 5.74) is 0.265. The Morgan fingerprint density at radius 1 is 1.00 bits per heavy atom. The summed E-state index contributed by atoms with van der Waals surface area (Å²) in [5.74, 6) is 0.990. The van der Waals surface area contributed by atoms with Crippen molar-refractivity contribution in [2.45, 2.75) is 76.9 Å². The lowest BCUT2D eigenvalue weighted by Crippen LogP contribution is -2.29. The summed E-state index contributed by atoms with van der Waals surface area (Å²) in [6.45, 7) is 5.16. The molecule has 0 amide bonds. The number of H-pyrrole nitrogens is 1. The lowest BCUT2D eigenvalue weighted by atomic mass is 10.2. The summed E-state index contributed by atoms with van der Waals surface area (Å²) in [7, 11) is 1.66. The Labute approximate surface area is 153 Å². The van der Waals surface area contributed by atoms with E-state index in [2.05, 4.69) is 23.8 Å². The molecule has 0 saturated heterocycles. The molecule has 0 atom stereocenters. The number of hydrogen-bond donors (Lipinski definition) is 1. The second-order valence-corrected chi connectivity index (χ2v) is 7.57. The first-order chi connectivity index (χ1) is 12.1. The molecule has 140 valence electrons. The maximum absolute atomic E-state index is 12.4. The summed E-state index contributed by atoms with van der Waals surface area (Å²) >= 11 is 1.69. The third-order valence-electron chi connectivity index (χ3n) is 4.44. The Balaban J connectivity index is 2.27. The summed E-state index contributed by atoms with van der Waals surface area (Å²) in [4.78, 5) is 31.2. The van der Waals surface area contributed by atoms with Gasteiger partial charge in [-0.25, -0.2) is 9.78 Å². The van der Waals surface area contributed by atoms with E-state index in [1.807, 2.05) is 4.57 Å². The average Bonchev–Trinajstić information content (AvgIpc) is 2.96. The molecule has 0 saturated carbocycles. The average molecular weight is 367 g/mol. The van der Waals surface area contributed by atoms with Crippen LogP contribution in [0.5, 0.6) is 0 Å². The lowest BCUT2D eigenvalue weighted by molar-refractivity contribution is 0.562. The van der Waals surface area contributed by atoms with Crippen LogP contribution in [0, 0.1) is 0 Å². The second kappa shape index (κ2) is 9.85. The van der Waals surface area contributed by atoms with E-state index < -0.39 is 5.69 Å². The molecule has 2 aromatic rings. The molecule has 0 aliphatic rings. The highest BCUT2D eigenvalue weighted by molar-refractivity contribution is 7.99. The molecule has 0 unspecified atom stereocenters. The van der Waals surface area contributed by atoms with Crippen LogP contribution in [0.25, 0.3) is 11.2 Å². The summed E-state index contributed by atoms with van der Waals surface area (Å²) in [5, 5.41) is 0.856. The highest BCUT2D eigenvalue weighted by Gasteiger charge is 2.17. The van der Waals surface area contributed by atoms with Crippen LogP contribution >= 0.6 is 11.8 Å². The fraction of sp³-hybridized carbons (Fsp3) is 0.722. The van der Waals surface area contributed by atoms with Gasteiger partial charge < -0.3 is 4.57 Å². The third kappa shape index (κ3) is 5.00. The number of nitrogens with zero attached hydrogens (tertiary/aromatic N) is 3. The van der Waals surface area contributed by atoms with E-state index >= 15 is 0 Å². The topological polar surface area (TPSA) is 72.7 Å². The van der Waals surface area contributed by atoms with Crippen molar-refractivity contribution in [2.75, 3.05) is 5.75 Å². The fourth-order valence-corrected chi connectivity index (χ4v) is 3.94. The van der Waals surface area contributed by atoms with E-state index in [4.69, 9.17) is 0 Å². The van der Waals surface area contributed by atoms with E-state index in [1.54, 1.807) is 18.8 Å². The van der Waals surface area contributed by atoms with Crippen molar-refractivity contribution in [1.29, 1.82) is 0 Å². The minimum Gasteiger partial charge on any atom is -0.313 e. The van der Waals surface area contributed by atoms with Crippen LogP contribution in [0.3, 0.4) is 0 Å². The molecule has 25 heavy (non-hydrogen) atoms. The van der Waals surface area contributed by atoms with Gasteiger partial charge in [0.25, 0.3) is 5.56 Å². The van der Waals surface area contributed by atoms with Gasteiger partial charge in [0.15, 0.2) is 16.3 Å². The van der Waals surface area contributed by atoms with Crippen LogP contribution in [0.15, 0.2) is 14.7 Å². The highest BCUT2D eigenvalue weighted by Crippen LogP contribution is 2.23. The van der Waals surface area contributed by atoms with Crippen LogP contribution in [-0.4, -0.2) is 24.9 Å². The first kappa shape index (κ1) is 19.8. The normalized spacial score (nSPS) is 11.5. The Kier molecular flexibility index (Phi) is 7.81. The van der Waals surface area contributed by atoms with Crippen LogP contribution in [0.4, 0.5) is 0 Å². The molecule has 2 heterocycles. The third-order valence-corrected chi connectivity index (χ3v) is 5.50. The predicted molar refractivity (Wildman–Crippen MR) is 105 cm³/mol. The largest absolute Gasteiger partial charge is 0.329 e. The number of nitrogens with one attached hydrogen (secondary N) is 1. The highest BCUT2D eigenvalue weighted by atomic mass is 32.2. The molecule has 0 aliphatic heterocycles. The Hall–Kier alpha value is -1.50. The van der Waals surface area contributed by atoms with Crippen LogP contribution in [0.1, 0.15) is 65.2 Å². The molecule has 0 aliphatic carbocycles. The second-order valence-electron chi connectivity index (χ2n) is 6.51. The summed E-state index contributed by atoms with van der Waals surface area (Å²) in [6.07, 6.45) is 9.37. The molecular formula is C18H30N4O2S. The molecule has 7 heteroatoms. The van der Waals surface area contributed by atoms with E-state index in [1.165, 1.54) is 36.7 Å². The quantitative estimate of drug-likeness (QED) is 0.486. The van der Waals surface area contributed by atoms with Crippen molar-refractivity contribution in [3.8, 4) is 0 Å². The molecule has 0 spiro atoms. The van der Waals surface area contributed by atoms with Crippen molar-refractivity contribution in [3.63, 3.8) is 0 Å². The monoisotopic (exact) mass is 366 g/mol. The molecule has 0 fully saturated rings. The Morgan fingerprint density at radius 3 is 2.36 bits per heavy atom. The number of rotatable bonds is 11. The zero-order valence-electron chi connectivity index (χ0n) is 15.6. The van der Waals surface area contributed by atoms with Crippen molar-refractivity contribution in [3.05, 3.63) is 20.8 Å². The van der Waals surface area contributed by atoms with Gasteiger partial charge in [0.2, 0.25) is 0 Å². The minimum absolute atomic E-state index is 0.334. The number of imidazole rings is 1. The van der Waals surface area contributed by atoms with E-state index in [9.17, 15) is 9.59 Å². The van der Waals surface area contributed by atoms with Crippen LogP contribution in [0.2, 0.25) is 0 Å². The molecule has 2 rings (SSSR count). The van der Waals surface area contributed by atoms with Crippen LogP contribution < -0.4 is 11.2 Å². The number of fused-ring (bicyclic) bond motifs is 1. The number of hydrogen-bond acceptors (Lipinski definition) is 4. The van der Waals surface area contributed by atoms with E-state index in [-0.39, 0.29) is 5.56 Å². The number of unbranched alkanes of at least 4 members (excludes halogenated alkanes) is 6. The zero-order valence-corrected chi connectivity index (χ0v) is 16.5. The number of aromatic amines is 1. The maximum atomic E-state index is 12.4. The van der Waals surface area contributed by atoms with Gasteiger partial charge >= 0.3 is 5.69 Å². The first-order valence-corrected chi connectivity index (χ1v) is 10.4.